The van der Waals surface area contributed by atoms with Gasteiger partial charge in [0, 0.05) is 17.1 Å². The van der Waals surface area contributed by atoms with Gasteiger partial charge in [0.05, 0.1) is 0 Å². The van der Waals surface area contributed by atoms with Crippen molar-refractivity contribution in [1.29, 1.82) is 0 Å². The monoisotopic (exact) mass is 265 g/mol. The third kappa shape index (κ3) is 3.73. The SMILES string of the molecule is C[C@H](NC1CCC(C)(C)CC1)c1cccc(Cl)c1. The Morgan fingerprint density at radius 1 is 1.28 bits per heavy atom. The average molecular weight is 266 g/mol. The third-order valence-electron chi connectivity index (χ3n) is 4.17. The van der Waals surface area contributed by atoms with Crippen LogP contribution in [0.5, 0.6) is 0 Å². The number of benzene rings is 1. The van der Waals surface area contributed by atoms with Crippen LogP contribution in [0.2, 0.25) is 5.02 Å². The first-order valence-corrected chi connectivity index (χ1v) is 7.36. The van der Waals surface area contributed by atoms with E-state index in [0.717, 1.165) is 5.02 Å². The molecule has 2 rings (SSSR count). The van der Waals surface area contributed by atoms with Crippen LogP contribution >= 0.6 is 11.6 Å². The lowest BCUT2D eigenvalue weighted by atomic mass is 9.75. The van der Waals surface area contributed by atoms with Gasteiger partial charge >= 0.3 is 0 Å². The van der Waals surface area contributed by atoms with Gasteiger partial charge < -0.3 is 5.32 Å². The molecule has 1 aliphatic carbocycles. The second-order valence-electron chi connectivity index (χ2n) is 6.38. The summed E-state index contributed by atoms with van der Waals surface area (Å²) < 4.78 is 0. The van der Waals surface area contributed by atoms with E-state index >= 15 is 0 Å². The maximum atomic E-state index is 6.04. The molecule has 0 bridgehead atoms. The zero-order valence-corrected chi connectivity index (χ0v) is 12.4. The summed E-state index contributed by atoms with van der Waals surface area (Å²) >= 11 is 6.04. The van der Waals surface area contributed by atoms with Crippen LogP contribution in [0.25, 0.3) is 0 Å². The standard InChI is InChI=1S/C16H24ClN/c1-12(13-5-4-6-14(17)11-13)18-15-7-9-16(2,3)10-8-15/h4-6,11-12,15,18H,7-10H2,1-3H3/t12-/m0/s1. The highest BCUT2D eigenvalue weighted by Crippen LogP contribution is 2.35. The van der Waals surface area contributed by atoms with Crippen LogP contribution in [0.15, 0.2) is 24.3 Å². The molecule has 1 saturated carbocycles. The Labute approximate surface area is 116 Å². The molecule has 1 N–H and O–H groups in total. The molecule has 1 aliphatic rings. The Morgan fingerprint density at radius 3 is 2.56 bits per heavy atom. The normalized spacial score (nSPS) is 21.8. The van der Waals surface area contributed by atoms with Crippen molar-refractivity contribution in [3.05, 3.63) is 34.9 Å². The van der Waals surface area contributed by atoms with Crippen molar-refractivity contribution in [3.8, 4) is 0 Å². The maximum Gasteiger partial charge on any atom is 0.0409 e. The molecule has 100 valence electrons. The molecular formula is C16H24ClN. The molecule has 0 aliphatic heterocycles. The fourth-order valence-electron chi connectivity index (χ4n) is 2.79. The van der Waals surface area contributed by atoms with Gasteiger partial charge in [-0.2, -0.15) is 0 Å². The van der Waals surface area contributed by atoms with Crippen molar-refractivity contribution >= 4 is 11.6 Å². The molecule has 2 heteroatoms. The summed E-state index contributed by atoms with van der Waals surface area (Å²) in [6.45, 7) is 6.98. The number of hydrogen-bond donors (Lipinski definition) is 1. The molecule has 1 aromatic rings. The molecule has 1 fully saturated rings. The van der Waals surface area contributed by atoms with E-state index in [-0.39, 0.29) is 0 Å². The summed E-state index contributed by atoms with van der Waals surface area (Å²) in [4.78, 5) is 0. The fourth-order valence-corrected chi connectivity index (χ4v) is 2.99. The van der Waals surface area contributed by atoms with Crippen LogP contribution in [-0.4, -0.2) is 6.04 Å². The molecular weight excluding hydrogens is 242 g/mol. The Hall–Kier alpha value is -0.530. The van der Waals surface area contributed by atoms with E-state index in [1.807, 2.05) is 12.1 Å². The van der Waals surface area contributed by atoms with E-state index in [1.165, 1.54) is 31.2 Å². The minimum atomic E-state index is 0.384. The van der Waals surface area contributed by atoms with Gasteiger partial charge in [0.25, 0.3) is 0 Å². The molecule has 0 saturated heterocycles. The predicted molar refractivity (Wildman–Crippen MR) is 79.0 cm³/mol. The van der Waals surface area contributed by atoms with Gasteiger partial charge in [0.2, 0.25) is 0 Å². The topological polar surface area (TPSA) is 12.0 Å². The lowest BCUT2D eigenvalue weighted by Gasteiger charge is -2.36. The summed E-state index contributed by atoms with van der Waals surface area (Å²) in [5, 5.41) is 4.57. The second-order valence-corrected chi connectivity index (χ2v) is 6.82. The van der Waals surface area contributed by atoms with Crippen molar-refractivity contribution < 1.29 is 0 Å². The zero-order valence-electron chi connectivity index (χ0n) is 11.7. The van der Waals surface area contributed by atoms with Crippen molar-refractivity contribution in [1.82, 2.24) is 5.32 Å². The molecule has 0 radical (unpaired) electrons. The van der Waals surface area contributed by atoms with E-state index in [2.05, 4.69) is 38.2 Å². The summed E-state index contributed by atoms with van der Waals surface area (Å²) in [7, 11) is 0. The van der Waals surface area contributed by atoms with Crippen molar-refractivity contribution in [2.45, 2.75) is 58.5 Å². The molecule has 0 aromatic heterocycles. The Morgan fingerprint density at radius 2 is 1.94 bits per heavy atom. The van der Waals surface area contributed by atoms with Crippen LogP contribution in [0.1, 0.15) is 58.1 Å². The molecule has 0 heterocycles. The van der Waals surface area contributed by atoms with Gasteiger partial charge in [-0.15, -0.1) is 0 Å². The quantitative estimate of drug-likeness (QED) is 0.815. The van der Waals surface area contributed by atoms with E-state index in [9.17, 15) is 0 Å². The summed E-state index contributed by atoms with van der Waals surface area (Å²) in [6, 6.07) is 9.21. The Balaban J connectivity index is 1.90. The largest absolute Gasteiger partial charge is 0.307 e. The maximum absolute atomic E-state index is 6.04. The Bertz CT molecular complexity index is 390. The Kier molecular flexibility index (Phi) is 4.34. The molecule has 1 nitrogen and oxygen atoms in total. The first-order chi connectivity index (χ1) is 8.46. The lowest BCUT2D eigenvalue weighted by Crippen LogP contribution is -2.37. The molecule has 18 heavy (non-hydrogen) atoms. The molecule has 0 unspecified atom stereocenters. The second kappa shape index (κ2) is 5.63. The van der Waals surface area contributed by atoms with Crippen LogP contribution in [0, 0.1) is 5.41 Å². The van der Waals surface area contributed by atoms with Gasteiger partial charge in [0.1, 0.15) is 0 Å². The van der Waals surface area contributed by atoms with Gasteiger partial charge in [0.15, 0.2) is 0 Å². The summed E-state index contributed by atoms with van der Waals surface area (Å²) in [5.41, 5.74) is 1.82. The first-order valence-electron chi connectivity index (χ1n) is 6.98. The van der Waals surface area contributed by atoms with E-state index in [0.29, 0.717) is 17.5 Å². The highest BCUT2D eigenvalue weighted by Gasteiger charge is 2.27. The zero-order chi connectivity index (χ0) is 13.2. The summed E-state index contributed by atoms with van der Waals surface area (Å²) in [6.07, 6.45) is 5.23. The number of hydrogen-bond acceptors (Lipinski definition) is 1. The van der Waals surface area contributed by atoms with Crippen LogP contribution in [0.3, 0.4) is 0 Å². The van der Waals surface area contributed by atoms with Crippen molar-refractivity contribution in [2.24, 2.45) is 5.41 Å². The fraction of sp³-hybridized carbons (Fsp3) is 0.625. The van der Waals surface area contributed by atoms with Gasteiger partial charge in [-0.1, -0.05) is 37.6 Å². The van der Waals surface area contributed by atoms with Crippen molar-refractivity contribution in [2.75, 3.05) is 0 Å². The first kappa shape index (κ1) is 13.9. The van der Waals surface area contributed by atoms with E-state index < -0.39 is 0 Å². The summed E-state index contributed by atoms with van der Waals surface area (Å²) in [5.74, 6) is 0. The van der Waals surface area contributed by atoms with Crippen LogP contribution < -0.4 is 5.32 Å². The number of nitrogens with one attached hydrogen (secondary N) is 1. The smallest absolute Gasteiger partial charge is 0.0409 e. The average Bonchev–Trinajstić information content (AvgIpc) is 2.32. The highest BCUT2D eigenvalue weighted by molar-refractivity contribution is 6.30. The van der Waals surface area contributed by atoms with E-state index in [1.54, 1.807) is 0 Å². The van der Waals surface area contributed by atoms with Crippen molar-refractivity contribution in [3.63, 3.8) is 0 Å². The predicted octanol–water partition coefficient (Wildman–Crippen LogP) is 4.96. The number of halogens is 1. The number of rotatable bonds is 3. The minimum Gasteiger partial charge on any atom is -0.307 e. The highest BCUT2D eigenvalue weighted by atomic mass is 35.5. The molecule has 0 spiro atoms. The van der Waals surface area contributed by atoms with Gasteiger partial charge in [-0.3, -0.25) is 0 Å². The third-order valence-corrected chi connectivity index (χ3v) is 4.41. The van der Waals surface area contributed by atoms with Gasteiger partial charge in [-0.25, -0.2) is 0 Å². The molecule has 0 amide bonds. The van der Waals surface area contributed by atoms with Crippen LogP contribution in [-0.2, 0) is 0 Å². The lowest BCUT2D eigenvalue weighted by molar-refractivity contribution is 0.200. The minimum absolute atomic E-state index is 0.384. The molecule has 1 atom stereocenters. The molecule has 1 aromatic carbocycles. The van der Waals surface area contributed by atoms with E-state index in [4.69, 9.17) is 11.6 Å². The van der Waals surface area contributed by atoms with Gasteiger partial charge in [-0.05, 0) is 55.7 Å². The van der Waals surface area contributed by atoms with Crippen LogP contribution in [0.4, 0.5) is 0 Å².